The van der Waals surface area contributed by atoms with E-state index in [4.69, 9.17) is 0 Å². The smallest absolute Gasteiger partial charge is 0.244 e. The fourth-order valence-electron chi connectivity index (χ4n) is 1.46. The summed E-state index contributed by atoms with van der Waals surface area (Å²) in [7, 11) is -3.50. The van der Waals surface area contributed by atoms with Crippen LogP contribution < -0.4 is 10.0 Å². The molecule has 0 spiro atoms. The van der Waals surface area contributed by atoms with Gasteiger partial charge >= 0.3 is 0 Å². The second-order valence-corrected chi connectivity index (χ2v) is 6.38. The molecule has 1 aromatic heterocycles. The molecule has 1 rings (SSSR count). The Hall–Kier alpha value is -1.14. The number of rotatable bonds is 8. The number of aromatic nitrogens is 1. The summed E-state index contributed by atoms with van der Waals surface area (Å²) in [5.41, 5.74) is 0. The van der Waals surface area contributed by atoms with Gasteiger partial charge < -0.3 is 5.32 Å². The second kappa shape index (κ2) is 7.45. The average Bonchev–Trinajstić information content (AvgIpc) is 2.42. The van der Waals surface area contributed by atoms with E-state index in [-0.39, 0.29) is 4.90 Å². The highest BCUT2D eigenvalue weighted by Crippen LogP contribution is 2.18. The summed E-state index contributed by atoms with van der Waals surface area (Å²) in [5, 5.41) is 3.04. The van der Waals surface area contributed by atoms with Crippen molar-refractivity contribution in [3.05, 3.63) is 18.3 Å². The number of anilines is 1. The highest BCUT2D eigenvalue weighted by molar-refractivity contribution is 7.89. The maximum absolute atomic E-state index is 12.2. The van der Waals surface area contributed by atoms with Crippen molar-refractivity contribution < 1.29 is 8.42 Å². The van der Waals surface area contributed by atoms with Crippen molar-refractivity contribution in [3.63, 3.8) is 0 Å². The molecule has 19 heavy (non-hydrogen) atoms. The van der Waals surface area contributed by atoms with Crippen LogP contribution in [0.15, 0.2) is 23.2 Å². The molecule has 0 bridgehead atoms. The van der Waals surface area contributed by atoms with Crippen LogP contribution in [0.5, 0.6) is 0 Å². The molecule has 1 aromatic rings. The zero-order valence-corrected chi connectivity index (χ0v) is 12.6. The molecular weight excluding hydrogens is 262 g/mol. The van der Waals surface area contributed by atoms with E-state index < -0.39 is 10.0 Å². The van der Waals surface area contributed by atoms with Crippen molar-refractivity contribution in [1.82, 2.24) is 9.71 Å². The first kappa shape index (κ1) is 15.9. The summed E-state index contributed by atoms with van der Waals surface area (Å²) in [6, 6.07) is 3.21. The average molecular weight is 285 g/mol. The molecule has 0 radical (unpaired) electrons. The van der Waals surface area contributed by atoms with Gasteiger partial charge in [-0.1, -0.05) is 27.2 Å². The van der Waals surface area contributed by atoms with Crippen LogP contribution in [-0.4, -0.2) is 26.5 Å². The molecule has 0 saturated heterocycles. The van der Waals surface area contributed by atoms with Crippen LogP contribution in [-0.2, 0) is 10.0 Å². The largest absolute Gasteiger partial charge is 0.369 e. The molecule has 6 heteroatoms. The maximum atomic E-state index is 12.2. The fourth-order valence-corrected chi connectivity index (χ4v) is 2.75. The Bertz CT molecular complexity index is 488. The molecule has 0 fully saturated rings. The SMILES string of the molecule is CCCNc1ncccc1S(=O)(=O)NCC(C)CC. The Morgan fingerprint density at radius 1 is 1.37 bits per heavy atom. The predicted octanol–water partition coefficient (Wildman–Crippen LogP) is 2.23. The molecule has 108 valence electrons. The molecule has 5 nitrogen and oxygen atoms in total. The third-order valence-electron chi connectivity index (χ3n) is 2.92. The highest BCUT2D eigenvalue weighted by atomic mass is 32.2. The molecule has 1 atom stereocenters. The minimum atomic E-state index is -3.50. The van der Waals surface area contributed by atoms with Crippen LogP contribution in [0.1, 0.15) is 33.6 Å². The summed E-state index contributed by atoms with van der Waals surface area (Å²) in [5.74, 6) is 0.736. The van der Waals surface area contributed by atoms with Crippen molar-refractivity contribution in [2.75, 3.05) is 18.4 Å². The maximum Gasteiger partial charge on any atom is 0.244 e. The first-order chi connectivity index (χ1) is 9.01. The third kappa shape index (κ3) is 4.80. The van der Waals surface area contributed by atoms with E-state index in [2.05, 4.69) is 15.0 Å². The number of sulfonamides is 1. The van der Waals surface area contributed by atoms with E-state index in [0.717, 1.165) is 12.8 Å². The van der Waals surface area contributed by atoms with Crippen LogP contribution >= 0.6 is 0 Å². The minimum absolute atomic E-state index is 0.215. The van der Waals surface area contributed by atoms with E-state index in [1.165, 1.54) is 0 Å². The monoisotopic (exact) mass is 285 g/mol. The summed E-state index contributed by atoms with van der Waals surface area (Å²) in [4.78, 5) is 4.31. The van der Waals surface area contributed by atoms with Gasteiger partial charge in [0.05, 0.1) is 0 Å². The fraction of sp³-hybridized carbons (Fsp3) is 0.615. The van der Waals surface area contributed by atoms with E-state index in [1.54, 1.807) is 18.3 Å². The molecule has 2 N–H and O–H groups in total. The van der Waals surface area contributed by atoms with Crippen LogP contribution in [0.25, 0.3) is 0 Å². The normalized spacial score (nSPS) is 13.2. The molecule has 0 saturated carbocycles. The number of nitrogens with zero attached hydrogens (tertiary/aromatic N) is 1. The molecule has 0 aromatic carbocycles. The lowest BCUT2D eigenvalue weighted by molar-refractivity contribution is 0.528. The first-order valence-electron chi connectivity index (χ1n) is 6.69. The number of hydrogen-bond acceptors (Lipinski definition) is 4. The van der Waals surface area contributed by atoms with Gasteiger partial charge in [-0.2, -0.15) is 0 Å². The third-order valence-corrected chi connectivity index (χ3v) is 4.38. The van der Waals surface area contributed by atoms with Gasteiger partial charge in [-0.3, -0.25) is 0 Å². The lowest BCUT2D eigenvalue weighted by Gasteiger charge is -2.13. The van der Waals surface area contributed by atoms with Crippen LogP contribution in [0, 0.1) is 5.92 Å². The zero-order valence-electron chi connectivity index (χ0n) is 11.8. The van der Waals surface area contributed by atoms with Gasteiger partial charge in [0.1, 0.15) is 10.7 Å². The standard InChI is InChI=1S/C13H23N3O2S/c1-4-8-14-13-12(7-6-9-15-13)19(17,18)16-10-11(3)5-2/h6-7,9,11,16H,4-5,8,10H2,1-3H3,(H,14,15). The Balaban J connectivity index is 2.88. The quantitative estimate of drug-likeness (QED) is 0.768. The van der Waals surface area contributed by atoms with Crippen molar-refractivity contribution in [1.29, 1.82) is 0 Å². The molecule has 0 aliphatic carbocycles. The predicted molar refractivity (Wildman–Crippen MR) is 77.7 cm³/mol. The second-order valence-electron chi connectivity index (χ2n) is 4.64. The van der Waals surface area contributed by atoms with Gasteiger partial charge in [-0.15, -0.1) is 0 Å². The lowest BCUT2D eigenvalue weighted by atomic mass is 10.1. The van der Waals surface area contributed by atoms with Gasteiger partial charge in [-0.05, 0) is 24.5 Å². The lowest BCUT2D eigenvalue weighted by Crippen LogP contribution is -2.29. The summed E-state index contributed by atoms with van der Waals surface area (Å²) in [6.07, 6.45) is 3.44. The Labute approximate surface area is 115 Å². The van der Waals surface area contributed by atoms with Crippen molar-refractivity contribution >= 4 is 15.8 Å². The minimum Gasteiger partial charge on any atom is -0.369 e. The van der Waals surface area contributed by atoms with Gasteiger partial charge in [0.25, 0.3) is 0 Å². The molecular formula is C13H23N3O2S. The summed E-state index contributed by atoms with van der Waals surface area (Å²) < 4.78 is 27.1. The van der Waals surface area contributed by atoms with E-state index in [0.29, 0.717) is 24.8 Å². The van der Waals surface area contributed by atoms with Gasteiger partial charge in [-0.25, -0.2) is 18.1 Å². The first-order valence-corrected chi connectivity index (χ1v) is 8.18. The van der Waals surface area contributed by atoms with Crippen LogP contribution in [0.3, 0.4) is 0 Å². The van der Waals surface area contributed by atoms with Crippen LogP contribution in [0.4, 0.5) is 5.82 Å². The van der Waals surface area contributed by atoms with E-state index >= 15 is 0 Å². The molecule has 1 unspecified atom stereocenters. The van der Waals surface area contributed by atoms with Crippen LogP contribution in [0.2, 0.25) is 0 Å². The van der Waals surface area contributed by atoms with E-state index in [9.17, 15) is 8.42 Å². The van der Waals surface area contributed by atoms with Crippen molar-refractivity contribution in [2.45, 2.75) is 38.5 Å². The molecule has 0 aliphatic heterocycles. The van der Waals surface area contributed by atoms with Crippen molar-refractivity contribution in [2.24, 2.45) is 5.92 Å². The van der Waals surface area contributed by atoms with Gasteiger partial charge in [0.15, 0.2) is 0 Å². The van der Waals surface area contributed by atoms with Crippen molar-refractivity contribution in [3.8, 4) is 0 Å². The van der Waals surface area contributed by atoms with Gasteiger partial charge in [0.2, 0.25) is 10.0 Å². The Kier molecular flexibility index (Phi) is 6.24. The topological polar surface area (TPSA) is 71.1 Å². The number of hydrogen-bond donors (Lipinski definition) is 2. The summed E-state index contributed by atoms with van der Waals surface area (Å²) >= 11 is 0. The number of nitrogens with one attached hydrogen (secondary N) is 2. The highest BCUT2D eigenvalue weighted by Gasteiger charge is 2.19. The number of pyridine rings is 1. The molecule has 0 amide bonds. The van der Waals surface area contributed by atoms with E-state index in [1.807, 2.05) is 20.8 Å². The summed E-state index contributed by atoms with van der Waals surface area (Å²) in [6.45, 7) is 7.22. The molecule has 0 aliphatic rings. The zero-order chi connectivity index (χ0) is 14.3. The Morgan fingerprint density at radius 3 is 2.74 bits per heavy atom. The van der Waals surface area contributed by atoms with Gasteiger partial charge in [0, 0.05) is 19.3 Å². The molecule has 1 heterocycles. The Morgan fingerprint density at radius 2 is 2.11 bits per heavy atom.